The second-order valence-corrected chi connectivity index (χ2v) is 9.19. The van der Waals surface area contributed by atoms with Crippen LogP contribution in [0.4, 0.5) is 13.2 Å². The predicted molar refractivity (Wildman–Crippen MR) is 128 cm³/mol. The predicted octanol–water partition coefficient (Wildman–Crippen LogP) is 4.48. The van der Waals surface area contributed by atoms with Crippen LogP contribution in [-0.2, 0) is 17.8 Å². The molecule has 1 N–H and O–H groups in total. The quantitative estimate of drug-likeness (QED) is 0.580. The Balaban J connectivity index is 1.37. The summed E-state index contributed by atoms with van der Waals surface area (Å²) in [4.78, 5) is 14.0. The Morgan fingerprint density at radius 3 is 2.64 bits per heavy atom. The number of benzene rings is 2. The van der Waals surface area contributed by atoms with Crippen LogP contribution in [0.1, 0.15) is 35.6 Å². The number of nitrogens with zero attached hydrogens (tertiary/aromatic N) is 2. The highest BCUT2D eigenvalue weighted by Crippen LogP contribution is 2.35. The first kappa shape index (κ1) is 25.6. The van der Waals surface area contributed by atoms with Crippen molar-refractivity contribution in [3.8, 4) is 17.6 Å². The number of rotatable bonds is 8. The van der Waals surface area contributed by atoms with Crippen molar-refractivity contribution in [1.29, 1.82) is 5.26 Å². The summed E-state index contributed by atoms with van der Waals surface area (Å²) in [5, 5.41) is 12.0. The molecule has 6 nitrogen and oxygen atoms in total. The number of carbonyl (C=O) groups excluding carboxylic acids is 1. The summed E-state index contributed by atoms with van der Waals surface area (Å²) in [6, 6.07) is 12.3. The van der Waals surface area contributed by atoms with Gasteiger partial charge in [0.05, 0.1) is 11.5 Å². The van der Waals surface area contributed by atoms with Gasteiger partial charge >= 0.3 is 6.18 Å². The van der Waals surface area contributed by atoms with Gasteiger partial charge in [-0.15, -0.1) is 0 Å². The van der Waals surface area contributed by atoms with Gasteiger partial charge in [-0.3, -0.25) is 9.69 Å². The molecule has 4 rings (SSSR count). The number of likely N-dealkylation sites (tertiary alicyclic amines) is 1. The first-order chi connectivity index (χ1) is 17.2. The van der Waals surface area contributed by atoms with Crippen LogP contribution in [0.25, 0.3) is 5.57 Å². The van der Waals surface area contributed by atoms with Gasteiger partial charge in [-0.05, 0) is 66.3 Å². The standard InChI is InChI=1S/C27H28F3N3O3/c1-17-20(12-33-13-22(14-33)26(34)32-2)5-4-19-10-23(6-7-24(17)19)35-15-18-3-8-25(21(9-18)11-31)36-16-27(28,29)30/h3,6-10,22H,4-5,12-16H2,1-2H3,(H,32,34). The lowest BCUT2D eigenvalue weighted by Gasteiger charge is -2.39. The van der Waals surface area contributed by atoms with Crippen LogP contribution in [0, 0.1) is 17.2 Å². The average Bonchev–Trinajstić information content (AvgIpc) is 2.83. The number of halogens is 3. The summed E-state index contributed by atoms with van der Waals surface area (Å²) in [7, 11) is 1.67. The number of alkyl halides is 3. The lowest BCUT2D eigenvalue weighted by Crippen LogP contribution is -2.53. The molecule has 0 atom stereocenters. The number of ether oxygens (including phenoxy) is 2. The van der Waals surface area contributed by atoms with Gasteiger partial charge in [0.15, 0.2) is 6.61 Å². The van der Waals surface area contributed by atoms with Gasteiger partial charge < -0.3 is 14.8 Å². The highest BCUT2D eigenvalue weighted by Gasteiger charge is 2.33. The minimum atomic E-state index is -4.47. The van der Waals surface area contributed by atoms with Crippen LogP contribution in [0.2, 0.25) is 0 Å². The SMILES string of the molecule is CNC(=O)C1CN(CC2=C(C)c3ccc(OCc4ccc(OCC(F)(F)F)c(C#N)c4)cc3CC2)C1. The number of aryl methyl sites for hydroxylation is 1. The van der Waals surface area contributed by atoms with Gasteiger partial charge in [0, 0.05) is 26.7 Å². The zero-order chi connectivity index (χ0) is 25.9. The summed E-state index contributed by atoms with van der Waals surface area (Å²) in [6.45, 7) is 3.32. The molecule has 1 fully saturated rings. The first-order valence-corrected chi connectivity index (χ1v) is 11.8. The number of nitriles is 1. The van der Waals surface area contributed by atoms with Crippen LogP contribution >= 0.6 is 0 Å². The molecule has 0 bridgehead atoms. The molecule has 1 aliphatic carbocycles. The van der Waals surface area contributed by atoms with Crippen LogP contribution in [0.3, 0.4) is 0 Å². The monoisotopic (exact) mass is 499 g/mol. The van der Waals surface area contributed by atoms with Crippen molar-refractivity contribution in [3.05, 3.63) is 64.2 Å². The molecule has 190 valence electrons. The Morgan fingerprint density at radius 2 is 1.94 bits per heavy atom. The smallest absolute Gasteiger partial charge is 0.422 e. The second-order valence-electron chi connectivity index (χ2n) is 9.19. The van der Waals surface area contributed by atoms with Crippen molar-refractivity contribution in [2.75, 3.05) is 33.3 Å². The molecule has 0 aromatic heterocycles. The molecular formula is C27H28F3N3O3. The topological polar surface area (TPSA) is 74.6 Å². The Hall–Kier alpha value is -3.51. The van der Waals surface area contributed by atoms with Crippen LogP contribution < -0.4 is 14.8 Å². The minimum Gasteiger partial charge on any atom is -0.489 e. The van der Waals surface area contributed by atoms with E-state index in [0.717, 1.165) is 32.5 Å². The molecule has 1 saturated heterocycles. The summed E-state index contributed by atoms with van der Waals surface area (Å²) >= 11 is 0. The number of carbonyl (C=O) groups is 1. The number of allylic oxidation sites excluding steroid dienone is 1. The van der Waals surface area contributed by atoms with Crippen molar-refractivity contribution in [3.63, 3.8) is 0 Å². The van der Waals surface area contributed by atoms with Crippen molar-refractivity contribution in [2.45, 2.75) is 32.5 Å². The number of fused-ring (bicyclic) bond motifs is 1. The van der Waals surface area contributed by atoms with E-state index in [1.165, 1.54) is 34.4 Å². The molecule has 0 unspecified atom stereocenters. The Bertz CT molecular complexity index is 1210. The number of hydrogen-bond donors (Lipinski definition) is 1. The second kappa shape index (κ2) is 10.6. The van der Waals surface area contributed by atoms with Gasteiger partial charge in [0.1, 0.15) is 24.2 Å². The lowest BCUT2D eigenvalue weighted by atomic mass is 9.85. The number of hydrogen-bond acceptors (Lipinski definition) is 5. The van der Waals surface area contributed by atoms with E-state index in [2.05, 4.69) is 23.2 Å². The molecule has 0 radical (unpaired) electrons. The Labute approximate surface area is 208 Å². The van der Waals surface area contributed by atoms with Gasteiger partial charge in [0.2, 0.25) is 5.91 Å². The number of nitrogens with one attached hydrogen (secondary N) is 1. The van der Waals surface area contributed by atoms with Crippen LogP contribution in [0.5, 0.6) is 11.5 Å². The van der Waals surface area contributed by atoms with Gasteiger partial charge in [-0.2, -0.15) is 18.4 Å². The maximum absolute atomic E-state index is 12.4. The Morgan fingerprint density at radius 1 is 1.17 bits per heavy atom. The first-order valence-electron chi connectivity index (χ1n) is 11.8. The van der Waals surface area contributed by atoms with E-state index >= 15 is 0 Å². The summed E-state index contributed by atoms with van der Waals surface area (Å²) in [6.07, 6.45) is -2.62. The van der Waals surface area contributed by atoms with Crippen molar-refractivity contribution in [1.82, 2.24) is 10.2 Å². The third-order valence-corrected chi connectivity index (χ3v) is 6.66. The summed E-state index contributed by atoms with van der Waals surface area (Å²) in [5.74, 6) is 0.775. The summed E-state index contributed by atoms with van der Waals surface area (Å²) < 4.78 is 47.9. The van der Waals surface area contributed by atoms with Crippen molar-refractivity contribution >= 4 is 11.5 Å². The van der Waals surface area contributed by atoms with Crippen molar-refractivity contribution in [2.24, 2.45) is 5.92 Å². The third-order valence-electron chi connectivity index (χ3n) is 6.66. The van der Waals surface area contributed by atoms with Gasteiger partial charge in [-0.1, -0.05) is 17.7 Å². The zero-order valence-corrected chi connectivity index (χ0v) is 20.2. The fourth-order valence-electron chi connectivity index (χ4n) is 4.64. The van der Waals surface area contributed by atoms with Crippen LogP contribution in [-0.4, -0.2) is 50.3 Å². The maximum Gasteiger partial charge on any atom is 0.422 e. The normalized spacial score (nSPS) is 16.1. The Kier molecular flexibility index (Phi) is 7.55. The van der Waals surface area contributed by atoms with E-state index in [1.807, 2.05) is 18.2 Å². The van der Waals surface area contributed by atoms with E-state index in [9.17, 15) is 23.2 Å². The minimum absolute atomic E-state index is 0.0305. The number of amides is 1. The highest BCUT2D eigenvalue weighted by molar-refractivity contribution is 5.79. The fraction of sp³-hybridized carbons (Fsp3) is 0.407. The molecule has 9 heteroatoms. The van der Waals surface area contributed by atoms with Crippen molar-refractivity contribution < 1.29 is 27.4 Å². The molecule has 1 heterocycles. The average molecular weight is 500 g/mol. The molecule has 2 aromatic carbocycles. The molecule has 1 amide bonds. The molecule has 2 aromatic rings. The van der Waals surface area contributed by atoms with E-state index in [4.69, 9.17) is 9.47 Å². The maximum atomic E-state index is 12.4. The molecule has 36 heavy (non-hydrogen) atoms. The van der Waals surface area contributed by atoms with E-state index < -0.39 is 12.8 Å². The molecule has 0 saturated carbocycles. The van der Waals surface area contributed by atoms with Gasteiger partial charge in [-0.25, -0.2) is 0 Å². The zero-order valence-electron chi connectivity index (χ0n) is 20.2. The third kappa shape index (κ3) is 6.00. The van der Waals surface area contributed by atoms with Gasteiger partial charge in [0.25, 0.3) is 0 Å². The molecule has 1 aliphatic heterocycles. The fourth-order valence-corrected chi connectivity index (χ4v) is 4.64. The lowest BCUT2D eigenvalue weighted by molar-refractivity contribution is -0.153. The highest BCUT2D eigenvalue weighted by atomic mass is 19.4. The molecular weight excluding hydrogens is 471 g/mol. The van der Waals surface area contributed by atoms with Crippen LogP contribution in [0.15, 0.2) is 42.0 Å². The van der Waals surface area contributed by atoms with E-state index in [-0.39, 0.29) is 29.7 Å². The largest absolute Gasteiger partial charge is 0.489 e. The molecule has 0 spiro atoms. The summed E-state index contributed by atoms with van der Waals surface area (Å²) in [5.41, 5.74) is 5.75. The van der Waals surface area contributed by atoms with E-state index in [1.54, 1.807) is 13.1 Å². The molecule has 2 aliphatic rings. The van der Waals surface area contributed by atoms with E-state index in [0.29, 0.717) is 11.3 Å².